The number of rotatable bonds is 41. The first-order chi connectivity index (χ1) is 41.7. The van der Waals surface area contributed by atoms with E-state index in [0.717, 1.165) is 16.7 Å². The molecule has 18 nitrogen and oxygen atoms in total. The maximum atomic E-state index is 15.3. The van der Waals surface area contributed by atoms with Crippen molar-refractivity contribution >= 4 is 41.4 Å². The summed E-state index contributed by atoms with van der Waals surface area (Å²) in [6.07, 6.45) is 28.7. The van der Waals surface area contributed by atoms with Gasteiger partial charge in [-0.2, -0.15) is 0 Å². The van der Waals surface area contributed by atoms with Crippen LogP contribution in [0, 0.1) is 49.4 Å². The van der Waals surface area contributed by atoms with Gasteiger partial charge in [-0.05, 0) is 131 Å². The molecule has 1 saturated heterocycles. The maximum Gasteiger partial charge on any atom is 0.245 e. The number of hydrogen-bond donors (Lipinski definition) is 7. The van der Waals surface area contributed by atoms with E-state index in [-0.39, 0.29) is 75.9 Å². The minimum atomic E-state index is -1.25. The highest BCUT2D eigenvalue weighted by molar-refractivity contribution is 5.92. The van der Waals surface area contributed by atoms with Gasteiger partial charge in [-0.3, -0.25) is 33.6 Å². The lowest BCUT2D eigenvalue weighted by Gasteiger charge is -2.38. The first-order valence-corrected chi connectivity index (χ1v) is 30.1. The van der Waals surface area contributed by atoms with Crippen molar-refractivity contribution in [3.05, 3.63) is 95.6 Å². The molecule has 3 aromatic carbocycles. The van der Waals surface area contributed by atoms with Crippen molar-refractivity contribution in [1.29, 1.82) is 0 Å². The molecule has 0 radical (unpaired) electrons. The quantitative estimate of drug-likeness (QED) is 0.0184. The summed E-state index contributed by atoms with van der Waals surface area (Å²) in [6.45, 7) is 0.794. The normalized spacial score (nSPS) is 14.5. The number of carbonyl (C=O) groups is 7. The molecule has 1 fully saturated rings. The Bertz CT molecular complexity index is 2720. The molecule has 1 aliphatic heterocycles. The predicted octanol–water partition coefficient (Wildman–Crippen LogP) is 6.50. The summed E-state index contributed by atoms with van der Waals surface area (Å²) in [5.41, 5.74) is 1.07. The number of unbranched alkanes of at least 4 members (excludes halogenated alkanes) is 7. The zero-order valence-corrected chi connectivity index (χ0v) is 50.3. The highest BCUT2D eigenvalue weighted by atomic mass is 16.5. The number of nitrogens with one attached hydrogen (secondary N) is 6. The van der Waals surface area contributed by atoms with E-state index >= 15 is 4.79 Å². The molecule has 3 aromatic rings. The van der Waals surface area contributed by atoms with Crippen LogP contribution in [0.1, 0.15) is 158 Å². The first kappa shape index (κ1) is 70.2. The molecule has 7 N–H and O–H groups in total. The van der Waals surface area contributed by atoms with E-state index in [1.807, 2.05) is 78.9 Å². The molecule has 1 unspecified atom stereocenters. The largest absolute Gasteiger partial charge is 0.497 e. The average molecular weight is 1180 g/mol. The zero-order valence-electron chi connectivity index (χ0n) is 50.3. The van der Waals surface area contributed by atoms with Crippen LogP contribution < -0.4 is 41.4 Å². The van der Waals surface area contributed by atoms with Gasteiger partial charge in [0.15, 0.2) is 0 Å². The molecule has 0 aromatic heterocycles. The minimum absolute atomic E-state index is 0.0529. The predicted molar refractivity (Wildman–Crippen MR) is 331 cm³/mol. The molecule has 0 aliphatic carbocycles. The third kappa shape index (κ3) is 24.4. The number of ether oxygens (including phenoxy) is 3. The van der Waals surface area contributed by atoms with Crippen molar-refractivity contribution in [2.75, 3.05) is 47.0 Å². The van der Waals surface area contributed by atoms with E-state index in [0.29, 0.717) is 127 Å². The van der Waals surface area contributed by atoms with Gasteiger partial charge in [0.1, 0.15) is 35.2 Å². The van der Waals surface area contributed by atoms with Gasteiger partial charge in [0, 0.05) is 77.5 Å². The van der Waals surface area contributed by atoms with Gasteiger partial charge >= 0.3 is 0 Å². The van der Waals surface area contributed by atoms with Crippen molar-refractivity contribution in [3.63, 3.8) is 0 Å². The zero-order chi connectivity index (χ0) is 62.4. The molecular formula is C68H89N7O11. The molecular weight excluding hydrogens is 1090 g/mol. The Balaban J connectivity index is 1.61. The number of β-amino-alcohol motifs (C(OH)–C–C–N with tert-alkyl or cyclic N) is 1. The summed E-state index contributed by atoms with van der Waals surface area (Å²) in [7, 11) is 3.18. The Hall–Kier alpha value is -8.29. The molecule has 4 rings (SSSR count). The SMILES string of the molecule is C#CCCCC(=O)NCCCCC(NC(=O)CCCC#C)C(=O)N[C@@H](CCCCNC(=O)[C@H](CCCCNC(=O)CCCC#C)NC(=O)CCCC#C)C(=O)N1C[C@H](O)C[C@H]1COC(c1ccccc1)(c1ccc(OC)cc1)c1ccc(OC)cc1. The molecule has 462 valence electrons. The Morgan fingerprint density at radius 3 is 1.37 bits per heavy atom. The molecule has 7 amide bonds. The molecule has 18 heteroatoms. The van der Waals surface area contributed by atoms with E-state index in [9.17, 15) is 33.9 Å². The van der Waals surface area contributed by atoms with E-state index in [1.54, 1.807) is 19.1 Å². The van der Waals surface area contributed by atoms with Crippen molar-refractivity contribution in [2.24, 2.45) is 0 Å². The standard InChI is InChI=1S/C68H89N7O11/c1-7-11-16-33-61(77)69-45-25-22-30-58(72-63(79)35-18-13-9-3)65(81)71-47-27-24-32-60(74-66(82)59(73-64(80)36-19-14-10-4)31-23-26-46-70-62(78)34-17-12-8-2)67(83)75-49-55(76)48-54(75)50-86-68(51-28-20-15-21-29-51,52-37-41-56(84-5)42-38-52)53-39-43-57(85-6)44-40-53/h1-4,15,20-21,28-29,37-44,54-55,58-60,76H,11-14,16-19,22-27,30-36,45-50H2,5-6H3,(H,69,77)(H,70,78)(H,71,81)(H,72,79)(H,73,80)(H,74,82)/t54-,55+,58-,59?,60-/m0/s1. The van der Waals surface area contributed by atoms with Gasteiger partial charge in [0.25, 0.3) is 0 Å². The summed E-state index contributed by atoms with van der Waals surface area (Å²) < 4.78 is 18.3. The number of terminal acetylenes is 4. The van der Waals surface area contributed by atoms with Gasteiger partial charge < -0.3 is 56.1 Å². The lowest BCUT2D eigenvalue weighted by atomic mass is 9.80. The summed E-state index contributed by atoms with van der Waals surface area (Å²) in [5, 5.41) is 28.8. The number of benzene rings is 3. The molecule has 1 heterocycles. The van der Waals surface area contributed by atoms with E-state index in [2.05, 4.69) is 55.6 Å². The Morgan fingerprint density at radius 1 is 0.523 bits per heavy atom. The number of aliphatic hydroxyl groups excluding tert-OH is 1. The molecule has 0 bridgehead atoms. The maximum absolute atomic E-state index is 15.3. The van der Waals surface area contributed by atoms with E-state index in [4.69, 9.17) is 39.9 Å². The lowest BCUT2D eigenvalue weighted by molar-refractivity contribution is -0.140. The number of nitrogens with zero attached hydrogens (tertiary/aromatic N) is 1. The second kappa shape index (κ2) is 40.1. The third-order valence-electron chi connectivity index (χ3n) is 14.9. The number of likely N-dealkylation sites (tertiary alicyclic amines) is 1. The fourth-order valence-electron chi connectivity index (χ4n) is 10.2. The smallest absolute Gasteiger partial charge is 0.245 e. The second-order valence-electron chi connectivity index (χ2n) is 21.4. The fourth-order valence-corrected chi connectivity index (χ4v) is 10.2. The molecule has 86 heavy (non-hydrogen) atoms. The van der Waals surface area contributed by atoms with Crippen LogP contribution in [0.5, 0.6) is 11.5 Å². The Kier molecular flexibility index (Phi) is 32.7. The number of aliphatic hydroxyl groups is 1. The number of amides is 7. The van der Waals surface area contributed by atoms with Crippen LogP contribution in [-0.2, 0) is 43.9 Å². The van der Waals surface area contributed by atoms with Crippen molar-refractivity contribution in [2.45, 2.75) is 177 Å². The fraction of sp³-hybridized carbons (Fsp3) is 0.515. The average Bonchev–Trinajstić information content (AvgIpc) is 1.08. The summed E-state index contributed by atoms with van der Waals surface area (Å²) in [5.74, 6) is 8.95. The van der Waals surface area contributed by atoms with Crippen molar-refractivity contribution in [1.82, 2.24) is 36.8 Å². The Morgan fingerprint density at radius 2 is 0.930 bits per heavy atom. The monoisotopic (exact) mass is 1180 g/mol. The van der Waals surface area contributed by atoms with Gasteiger partial charge in [-0.1, -0.05) is 54.6 Å². The first-order valence-electron chi connectivity index (χ1n) is 30.1. The van der Waals surface area contributed by atoms with Gasteiger partial charge in [-0.25, -0.2) is 0 Å². The van der Waals surface area contributed by atoms with Crippen LogP contribution in [0.3, 0.4) is 0 Å². The topological polar surface area (TPSA) is 243 Å². The van der Waals surface area contributed by atoms with Gasteiger partial charge in [0.05, 0.1) is 33.0 Å². The number of carbonyl (C=O) groups excluding carboxylic acids is 7. The van der Waals surface area contributed by atoms with Crippen molar-refractivity contribution in [3.8, 4) is 60.9 Å². The summed E-state index contributed by atoms with van der Waals surface area (Å²) >= 11 is 0. The van der Waals surface area contributed by atoms with Gasteiger partial charge in [-0.15, -0.1) is 49.4 Å². The van der Waals surface area contributed by atoms with Crippen LogP contribution in [0.2, 0.25) is 0 Å². The van der Waals surface area contributed by atoms with E-state index < -0.39 is 59.5 Å². The lowest BCUT2D eigenvalue weighted by Crippen LogP contribution is -2.55. The van der Waals surface area contributed by atoms with E-state index in [1.165, 1.54) is 0 Å². The second-order valence-corrected chi connectivity index (χ2v) is 21.4. The number of hydrogen-bond acceptors (Lipinski definition) is 11. The third-order valence-corrected chi connectivity index (χ3v) is 14.9. The van der Waals surface area contributed by atoms with Crippen LogP contribution in [-0.4, -0.2) is 129 Å². The van der Waals surface area contributed by atoms with Crippen LogP contribution >= 0.6 is 0 Å². The highest BCUT2D eigenvalue weighted by Crippen LogP contribution is 2.42. The Labute approximate surface area is 509 Å². The van der Waals surface area contributed by atoms with Gasteiger partial charge in [0.2, 0.25) is 41.4 Å². The highest BCUT2D eigenvalue weighted by Gasteiger charge is 2.43. The van der Waals surface area contributed by atoms with Crippen LogP contribution in [0.25, 0.3) is 0 Å². The summed E-state index contributed by atoms with van der Waals surface area (Å²) in [6, 6.07) is 21.0. The summed E-state index contributed by atoms with van der Waals surface area (Å²) in [4.78, 5) is 96.1. The molecule has 0 spiro atoms. The van der Waals surface area contributed by atoms with Crippen molar-refractivity contribution < 1.29 is 52.9 Å². The molecule has 5 atom stereocenters. The minimum Gasteiger partial charge on any atom is -0.497 e. The molecule has 0 saturated carbocycles. The van der Waals surface area contributed by atoms with Crippen LogP contribution in [0.4, 0.5) is 0 Å². The number of methoxy groups -OCH3 is 2. The van der Waals surface area contributed by atoms with Crippen LogP contribution in [0.15, 0.2) is 78.9 Å². The molecule has 1 aliphatic rings.